The lowest BCUT2D eigenvalue weighted by atomic mass is 9.98. The molecule has 0 aliphatic rings. The van der Waals surface area contributed by atoms with Crippen molar-refractivity contribution in [2.24, 2.45) is 0 Å². The molecule has 0 saturated carbocycles. The zero-order chi connectivity index (χ0) is 20.8. The lowest BCUT2D eigenvalue weighted by molar-refractivity contribution is -0.391. The summed E-state index contributed by atoms with van der Waals surface area (Å²) in [5.41, 5.74) is -3.51. The molecule has 0 bridgehead atoms. The molecule has 0 aliphatic heterocycles. The number of benzene rings is 1. The molecular formula is C12H2ClF11O2. The molecular weight excluding hydrogens is 421 g/mol. The highest BCUT2D eigenvalue weighted by atomic mass is 35.5. The number of halogens is 12. The van der Waals surface area contributed by atoms with Crippen LogP contribution in [0.25, 0.3) is 0 Å². The third-order valence-electron chi connectivity index (χ3n) is 2.75. The Kier molecular flexibility index (Phi) is 5.58. The summed E-state index contributed by atoms with van der Waals surface area (Å²) in [5.74, 6) is -32.0. The van der Waals surface area contributed by atoms with E-state index in [-0.39, 0.29) is 0 Å². The molecule has 0 aliphatic carbocycles. The van der Waals surface area contributed by atoms with Crippen molar-refractivity contribution in [1.29, 1.82) is 0 Å². The van der Waals surface area contributed by atoms with Crippen LogP contribution >= 0.6 is 11.6 Å². The van der Waals surface area contributed by atoms with Crippen molar-refractivity contribution in [2.45, 2.75) is 18.0 Å². The summed E-state index contributed by atoms with van der Waals surface area (Å²) in [6.07, 6.45) is -6.90. The maximum Gasteiger partial charge on any atom is 0.467 e. The molecule has 0 saturated heterocycles. The second-order valence-corrected chi connectivity index (χ2v) is 4.86. The van der Waals surface area contributed by atoms with E-state index in [2.05, 4.69) is 11.3 Å². The van der Waals surface area contributed by atoms with Crippen LogP contribution in [0.1, 0.15) is 5.56 Å². The van der Waals surface area contributed by atoms with Crippen LogP contribution in [-0.4, -0.2) is 18.0 Å². The third-order valence-corrected chi connectivity index (χ3v) is 2.90. The number of ether oxygens (including phenoxy) is 1. The number of carbonyl (C=O) groups is 1. The van der Waals surface area contributed by atoms with Crippen LogP contribution in [0.15, 0.2) is 11.6 Å². The number of rotatable bonds is 4. The number of esters is 1. The van der Waals surface area contributed by atoms with Gasteiger partial charge in [-0.05, 0) is 0 Å². The van der Waals surface area contributed by atoms with Crippen molar-refractivity contribution >= 4 is 17.6 Å². The molecule has 14 heteroatoms. The van der Waals surface area contributed by atoms with E-state index >= 15 is 0 Å². The van der Waals surface area contributed by atoms with Crippen LogP contribution in [0.5, 0.6) is 0 Å². The predicted molar refractivity (Wildman–Crippen MR) is 61.1 cm³/mol. The number of hydrogen-bond donors (Lipinski definition) is 0. The number of alkyl halides is 6. The second-order valence-electron chi connectivity index (χ2n) is 4.41. The Morgan fingerprint density at radius 1 is 0.808 bits per heavy atom. The average molecular weight is 423 g/mol. The minimum absolute atomic E-state index is 1.57. The van der Waals surface area contributed by atoms with Gasteiger partial charge in [-0.1, -0.05) is 18.2 Å². The first-order chi connectivity index (χ1) is 11.5. The summed E-state index contributed by atoms with van der Waals surface area (Å²) in [5, 5.41) is -1.57. The molecule has 0 aromatic heterocycles. The van der Waals surface area contributed by atoms with Crippen molar-refractivity contribution in [1.82, 2.24) is 0 Å². The van der Waals surface area contributed by atoms with Crippen molar-refractivity contribution in [3.05, 3.63) is 46.3 Å². The molecule has 26 heavy (non-hydrogen) atoms. The van der Waals surface area contributed by atoms with Gasteiger partial charge in [0.15, 0.2) is 23.3 Å². The molecule has 0 radical (unpaired) electrons. The van der Waals surface area contributed by atoms with Crippen LogP contribution in [0.3, 0.4) is 0 Å². The number of hydrogen-bond acceptors (Lipinski definition) is 2. The smallest absolute Gasteiger partial charge is 0.410 e. The van der Waals surface area contributed by atoms with E-state index in [1.54, 1.807) is 0 Å². The average Bonchev–Trinajstić information content (AvgIpc) is 2.49. The van der Waals surface area contributed by atoms with Crippen molar-refractivity contribution in [2.75, 3.05) is 0 Å². The molecule has 0 fully saturated rings. The van der Waals surface area contributed by atoms with Gasteiger partial charge in [0.05, 0.1) is 0 Å². The molecule has 0 heterocycles. The van der Waals surface area contributed by atoms with Gasteiger partial charge in [-0.3, -0.25) is 0 Å². The summed E-state index contributed by atoms with van der Waals surface area (Å²) in [6, 6.07) is 0. The van der Waals surface area contributed by atoms with E-state index in [0.717, 1.165) is 0 Å². The highest BCUT2D eigenvalue weighted by Crippen LogP contribution is 2.53. The Bertz CT molecular complexity index is 744. The summed E-state index contributed by atoms with van der Waals surface area (Å²) < 4.78 is 149. The van der Waals surface area contributed by atoms with Gasteiger partial charge in [0.25, 0.3) is 0 Å². The Morgan fingerprint density at radius 3 is 1.46 bits per heavy atom. The largest absolute Gasteiger partial charge is 0.467 e. The fraction of sp³-hybridized carbons (Fsp3) is 0.250. The Morgan fingerprint density at radius 2 is 1.15 bits per heavy atom. The van der Waals surface area contributed by atoms with Crippen LogP contribution in [-0.2, 0) is 15.5 Å². The highest BCUT2D eigenvalue weighted by Gasteiger charge is 2.77. The van der Waals surface area contributed by atoms with Gasteiger partial charge >= 0.3 is 23.9 Å². The van der Waals surface area contributed by atoms with E-state index in [9.17, 15) is 53.1 Å². The van der Waals surface area contributed by atoms with E-state index < -0.39 is 63.6 Å². The van der Waals surface area contributed by atoms with Crippen molar-refractivity contribution in [3.63, 3.8) is 0 Å². The fourth-order valence-corrected chi connectivity index (χ4v) is 1.56. The minimum Gasteiger partial charge on any atom is -0.410 e. The Balaban J connectivity index is 3.83. The summed E-state index contributed by atoms with van der Waals surface area (Å²) >= 11 is 4.75. The zero-order valence-electron chi connectivity index (χ0n) is 11.6. The standard InChI is InChI=1S/C12H2ClF11O2/c1-2(13)9(25)26-11(21,12(22,23)24)10(19,20)3-4(14)6(16)8(18)7(17)5(3)15/h1H2. The molecule has 2 nitrogen and oxygen atoms in total. The van der Waals surface area contributed by atoms with Crippen molar-refractivity contribution < 1.29 is 57.8 Å². The Labute approximate surface area is 140 Å². The Hall–Kier alpha value is -2.05. The van der Waals surface area contributed by atoms with Gasteiger partial charge in [0.2, 0.25) is 5.82 Å². The first kappa shape index (κ1) is 22.0. The summed E-state index contributed by atoms with van der Waals surface area (Å²) in [4.78, 5) is 10.9. The normalized spacial score (nSPS) is 14.8. The molecule has 0 spiro atoms. The van der Waals surface area contributed by atoms with E-state index in [0.29, 0.717) is 0 Å². The topological polar surface area (TPSA) is 26.3 Å². The lowest BCUT2D eigenvalue weighted by Crippen LogP contribution is -2.57. The first-order valence-electron chi connectivity index (χ1n) is 5.73. The lowest BCUT2D eigenvalue weighted by Gasteiger charge is -2.34. The van der Waals surface area contributed by atoms with Crippen LogP contribution in [0.2, 0.25) is 0 Å². The maximum atomic E-state index is 14.0. The van der Waals surface area contributed by atoms with Crippen LogP contribution < -0.4 is 0 Å². The van der Waals surface area contributed by atoms with E-state index in [1.165, 1.54) is 0 Å². The molecule has 0 N–H and O–H groups in total. The van der Waals surface area contributed by atoms with Gasteiger partial charge < -0.3 is 4.74 Å². The molecule has 0 amide bonds. The van der Waals surface area contributed by atoms with Gasteiger partial charge in [-0.2, -0.15) is 26.3 Å². The molecule has 1 rings (SSSR count). The van der Waals surface area contributed by atoms with E-state index in [1.807, 2.05) is 0 Å². The number of carbonyl (C=O) groups excluding carboxylic acids is 1. The first-order valence-corrected chi connectivity index (χ1v) is 6.11. The van der Waals surface area contributed by atoms with Gasteiger partial charge in [-0.15, -0.1) is 0 Å². The maximum absolute atomic E-state index is 14.0. The monoisotopic (exact) mass is 422 g/mol. The van der Waals surface area contributed by atoms with Gasteiger partial charge in [-0.25, -0.2) is 26.7 Å². The molecule has 146 valence electrons. The van der Waals surface area contributed by atoms with Crippen LogP contribution in [0.4, 0.5) is 48.3 Å². The molecule has 1 aromatic carbocycles. The predicted octanol–water partition coefficient (Wildman–Crippen LogP) is 5.00. The van der Waals surface area contributed by atoms with Gasteiger partial charge in [0.1, 0.15) is 10.6 Å². The SMILES string of the molecule is C=C(Cl)C(=O)OC(F)(C(F)(F)F)C(F)(F)c1c(F)c(F)c(F)c(F)c1F. The zero-order valence-corrected chi connectivity index (χ0v) is 12.3. The molecule has 1 atom stereocenters. The minimum atomic E-state index is -6.90. The summed E-state index contributed by atoms with van der Waals surface area (Å²) in [7, 11) is 0. The second kappa shape index (κ2) is 6.59. The fourth-order valence-electron chi connectivity index (χ4n) is 1.52. The van der Waals surface area contributed by atoms with Crippen molar-refractivity contribution in [3.8, 4) is 0 Å². The summed E-state index contributed by atoms with van der Waals surface area (Å²) in [6.45, 7) is 2.45. The van der Waals surface area contributed by atoms with E-state index in [4.69, 9.17) is 11.6 Å². The quantitative estimate of drug-likeness (QED) is 0.224. The van der Waals surface area contributed by atoms with Gasteiger partial charge in [0, 0.05) is 0 Å². The highest BCUT2D eigenvalue weighted by molar-refractivity contribution is 6.40. The molecule has 1 aromatic rings. The third kappa shape index (κ3) is 3.19. The van der Waals surface area contributed by atoms with Crippen LogP contribution in [0, 0.1) is 29.1 Å². The molecule has 1 unspecified atom stereocenters.